The van der Waals surface area contributed by atoms with Crippen LogP contribution in [0.1, 0.15) is 47.7 Å². The molecule has 0 saturated carbocycles. The van der Waals surface area contributed by atoms with Crippen molar-refractivity contribution in [1.82, 2.24) is 20.5 Å². The first-order valence-corrected chi connectivity index (χ1v) is 11.7. The zero-order valence-electron chi connectivity index (χ0n) is 18.0. The topological polar surface area (TPSA) is 43.4 Å². The first-order valence-electron chi connectivity index (χ1n) is 11.7. The number of piperazine rings is 1. The van der Waals surface area contributed by atoms with Gasteiger partial charge in [0.05, 0.1) is 11.7 Å². The highest BCUT2D eigenvalue weighted by Gasteiger charge is 2.39. The average Bonchev–Trinajstić information content (AvgIpc) is 3.42. The maximum atomic E-state index is 4.76. The van der Waals surface area contributed by atoms with Gasteiger partial charge in [-0.1, -0.05) is 18.2 Å². The molecule has 3 aliphatic heterocycles. The molecule has 5 nitrogen and oxygen atoms in total. The molecule has 2 saturated heterocycles. The van der Waals surface area contributed by atoms with Gasteiger partial charge in [0.2, 0.25) is 0 Å². The van der Waals surface area contributed by atoms with Gasteiger partial charge in [-0.25, -0.2) is 0 Å². The monoisotopic (exact) mass is 403 g/mol. The van der Waals surface area contributed by atoms with Gasteiger partial charge in [-0.05, 0) is 68.0 Å². The van der Waals surface area contributed by atoms with Gasteiger partial charge in [0.15, 0.2) is 0 Å². The number of nitrogens with one attached hydrogen (secondary N) is 2. The molecule has 0 spiro atoms. The summed E-state index contributed by atoms with van der Waals surface area (Å²) in [7, 11) is 2.29. The van der Waals surface area contributed by atoms with Crippen molar-refractivity contribution in [3.05, 3.63) is 58.9 Å². The van der Waals surface area contributed by atoms with E-state index in [1.807, 2.05) is 6.20 Å². The van der Waals surface area contributed by atoms with Crippen LogP contribution in [0.15, 0.2) is 36.5 Å². The van der Waals surface area contributed by atoms with E-state index in [0.717, 1.165) is 26.1 Å². The largest absolute Gasteiger partial charge is 0.365 e. The molecule has 0 unspecified atom stereocenters. The van der Waals surface area contributed by atoms with Crippen LogP contribution >= 0.6 is 0 Å². The molecule has 2 fully saturated rings. The lowest BCUT2D eigenvalue weighted by Crippen LogP contribution is -2.47. The molecule has 1 aromatic carbocycles. The Hall–Kier alpha value is -1.95. The minimum Gasteiger partial charge on any atom is -0.365 e. The number of likely N-dealkylation sites (N-methyl/N-ethyl adjacent to an activating group) is 1. The van der Waals surface area contributed by atoms with Crippen LogP contribution in [0, 0.1) is 0 Å². The summed E-state index contributed by atoms with van der Waals surface area (Å²) in [5, 5.41) is 7.48. The number of hydrogen-bond acceptors (Lipinski definition) is 5. The van der Waals surface area contributed by atoms with E-state index in [4.69, 9.17) is 4.98 Å². The Morgan fingerprint density at radius 3 is 2.97 bits per heavy atom. The highest BCUT2D eigenvalue weighted by atomic mass is 15.3. The molecular formula is C25H33N5. The van der Waals surface area contributed by atoms with Gasteiger partial charge in [0, 0.05) is 56.2 Å². The Balaban J connectivity index is 1.20. The molecule has 2 aromatic rings. The van der Waals surface area contributed by atoms with Gasteiger partial charge in [-0.15, -0.1) is 0 Å². The second-order valence-corrected chi connectivity index (χ2v) is 9.74. The summed E-state index contributed by atoms with van der Waals surface area (Å²) >= 11 is 0. The number of fused-ring (bicyclic) bond motifs is 4. The maximum absolute atomic E-state index is 4.76. The number of nitrogens with zero attached hydrogens (tertiary/aromatic N) is 3. The van der Waals surface area contributed by atoms with E-state index in [0.29, 0.717) is 24.2 Å². The first-order chi connectivity index (χ1) is 14.8. The molecule has 4 atom stereocenters. The van der Waals surface area contributed by atoms with Crippen molar-refractivity contribution in [3.63, 3.8) is 0 Å². The Labute approximate surface area is 179 Å². The summed E-state index contributed by atoms with van der Waals surface area (Å²) in [6, 6.07) is 13.6. The highest BCUT2D eigenvalue weighted by molar-refractivity contribution is 5.60. The predicted octanol–water partition coefficient (Wildman–Crippen LogP) is 2.66. The van der Waals surface area contributed by atoms with E-state index in [-0.39, 0.29) is 0 Å². The molecule has 1 aromatic heterocycles. The van der Waals surface area contributed by atoms with Crippen LogP contribution in [0.3, 0.4) is 0 Å². The summed E-state index contributed by atoms with van der Waals surface area (Å²) < 4.78 is 0. The fourth-order valence-electron chi connectivity index (χ4n) is 6.34. The molecule has 6 rings (SSSR count). The van der Waals surface area contributed by atoms with Gasteiger partial charge >= 0.3 is 0 Å². The molecule has 4 aliphatic rings. The second kappa shape index (κ2) is 7.63. The minimum atomic E-state index is 0.453. The van der Waals surface area contributed by atoms with Crippen molar-refractivity contribution in [3.8, 4) is 0 Å². The number of hydrogen-bond donors (Lipinski definition) is 2. The van der Waals surface area contributed by atoms with Gasteiger partial charge in [-0.2, -0.15) is 0 Å². The number of aromatic nitrogens is 1. The Morgan fingerprint density at radius 2 is 2.10 bits per heavy atom. The number of pyridine rings is 1. The number of benzene rings is 1. The van der Waals surface area contributed by atoms with E-state index in [1.165, 1.54) is 54.7 Å². The second-order valence-electron chi connectivity index (χ2n) is 9.74. The molecule has 30 heavy (non-hydrogen) atoms. The van der Waals surface area contributed by atoms with Crippen molar-refractivity contribution in [2.75, 3.05) is 31.6 Å². The third-order valence-corrected chi connectivity index (χ3v) is 7.85. The van der Waals surface area contributed by atoms with E-state index in [2.05, 4.69) is 57.8 Å². The van der Waals surface area contributed by atoms with Crippen molar-refractivity contribution in [2.45, 2.75) is 62.8 Å². The van der Waals surface area contributed by atoms with E-state index in [1.54, 1.807) is 5.56 Å². The van der Waals surface area contributed by atoms with E-state index >= 15 is 0 Å². The quantitative estimate of drug-likeness (QED) is 0.822. The highest BCUT2D eigenvalue weighted by Crippen LogP contribution is 2.36. The molecule has 2 N–H and O–H groups in total. The Morgan fingerprint density at radius 1 is 1.17 bits per heavy atom. The van der Waals surface area contributed by atoms with Gasteiger partial charge in [0.1, 0.15) is 0 Å². The van der Waals surface area contributed by atoms with Crippen molar-refractivity contribution in [1.29, 1.82) is 0 Å². The molecule has 1 aliphatic carbocycles. The maximum Gasteiger partial charge on any atom is 0.0607 e. The first kappa shape index (κ1) is 18.8. The summed E-state index contributed by atoms with van der Waals surface area (Å²) in [6.07, 6.45) is 8.06. The molecule has 158 valence electrons. The summed E-state index contributed by atoms with van der Waals surface area (Å²) in [4.78, 5) is 10.0. The summed E-state index contributed by atoms with van der Waals surface area (Å²) in [6.45, 7) is 4.37. The van der Waals surface area contributed by atoms with Crippen molar-refractivity contribution in [2.24, 2.45) is 0 Å². The zero-order chi connectivity index (χ0) is 20.1. The van der Waals surface area contributed by atoms with Crippen molar-refractivity contribution >= 4 is 5.69 Å². The third-order valence-electron chi connectivity index (χ3n) is 7.85. The molecule has 0 radical (unpaired) electrons. The van der Waals surface area contributed by atoms with Gasteiger partial charge in [0.25, 0.3) is 0 Å². The van der Waals surface area contributed by atoms with Crippen LogP contribution in [-0.2, 0) is 19.4 Å². The number of anilines is 1. The average molecular weight is 404 g/mol. The summed E-state index contributed by atoms with van der Waals surface area (Å²) in [5.41, 5.74) is 7.34. The normalized spacial score (nSPS) is 29.9. The smallest absolute Gasteiger partial charge is 0.0607 e. The predicted molar refractivity (Wildman–Crippen MR) is 121 cm³/mol. The van der Waals surface area contributed by atoms with Crippen LogP contribution in [-0.4, -0.2) is 54.7 Å². The van der Waals surface area contributed by atoms with Crippen LogP contribution in [0.25, 0.3) is 0 Å². The zero-order valence-corrected chi connectivity index (χ0v) is 18.0. The van der Waals surface area contributed by atoms with Crippen molar-refractivity contribution < 1.29 is 0 Å². The lowest BCUT2D eigenvalue weighted by atomic mass is 9.89. The molecule has 4 heterocycles. The SMILES string of the molecule is CN(C[C@@H]1Cc2c(cccc2N2C[C@@H]3C[C@H]2CN3)CN1)[C@H]1CCCc2cccnc21. The molecule has 2 bridgehead atoms. The van der Waals surface area contributed by atoms with Crippen LogP contribution in [0.2, 0.25) is 0 Å². The fraction of sp³-hybridized carbons (Fsp3) is 0.560. The van der Waals surface area contributed by atoms with Gasteiger partial charge < -0.3 is 15.5 Å². The van der Waals surface area contributed by atoms with Crippen LogP contribution < -0.4 is 15.5 Å². The standard InChI is InChI=1S/C25H33N5/c1-29(24-9-2-5-17-7-4-10-26-25(17)24)15-20-12-22-18(13-27-20)6-3-8-23(22)30-16-19-11-21(30)14-28-19/h3-4,6-8,10,19-21,24,27-28H,2,5,9,11-16H2,1H3/t19-,20-,21-,24-/m0/s1. The number of rotatable bonds is 4. The fourth-order valence-corrected chi connectivity index (χ4v) is 6.34. The Kier molecular flexibility index (Phi) is 4.78. The van der Waals surface area contributed by atoms with E-state index in [9.17, 15) is 0 Å². The van der Waals surface area contributed by atoms with Crippen LogP contribution in [0.4, 0.5) is 5.69 Å². The number of aryl methyl sites for hydroxylation is 1. The lowest BCUT2D eigenvalue weighted by Gasteiger charge is -2.38. The molecule has 5 heteroatoms. The van der Waals surface area contributed by atoms with E-state index < -0.39 is 0 Å². The van der Waals surface area contributed by atoms with Gasteiger partial charge in [-0.3, -0.25) is 9.88 Å². The summed E-state index contributed by atoms with van der Waals surface area (Å²) in [5.74, 6) is 0. The lowest BCUT2D eigenvalue weighted by molar-refractivity contribution is 0.191. The minimum absolute atomic E-state index is 0.453. The molecule has 0 amide bonds. The third kappa shape index (κ3) is 3.24. The molecular weight excluding hydrogens is 370 g/mol. The van der Waals surface area contributed by atoms with Crippen LogP contribution in [0.5, 0.6) is 0 Å². The Bertz CT molecular complexity index is 928.